The minimum absolute atomic E-state index is 0.0170. The Balaban J connectivity index is 3.56. The van der Waals surface area contributed by atoms with Gasteiger partial charge < -0.3 is 9.47 Å². The van der Waals surface area contributed by atoms with Gasteiger partial charge in [0.15, 0.2) is 0 Å². The smallest absolute Gasteiger partial charge is 0.306 e. The third-order valence-corrected chi connectivity index (χ3v) is 13.1. The number of rotatable bonds is 52. The van der Waals surface area contributed by atoms with E-state index >= 15 is 0 Å². The van der Waals surface area contributed by atoms with Gasteiger partial charge in [0.25, 0.3) is 0 Å². The minimum atomic E-state index is 0.0170. The standard InChI is InChI=1S/C56H110O4/c1-4-7-10-13-16-18-19-20-22-25-28-32-36-41-46-51-55(57)59-53-48-43-38-34-30-27-24-21-23-26-29-33-37-42-47-52-56(58)60-54(49-44-39-15-12-9-6-3)50-45-40-35-31-17-14-11-8-5-2/h54H,4-53H2,1-3H3. The molecule has 0 radical (unpaired) electrons. The molecule has 0 fully saturated rings. The molecule has 0 amide bonds. The Kier molecular flexibility index (Phi) is 51.4. The zero-order chi connectivity index (χ0) is 43.5. The van der Waals surface area contributed by atoms with Crippen molar-refractivity contribution in [3.8, 4) is 0 Å². The predicted molar refractivity (Wildman–Crippen MR) is 264 cm³/mol. The van der Waals surface area contributed by atoms with E-state index in [2.05, 4.69) is 20.8 Å². The first-order valence-corrected chi connectivity index (χ1v) is 28.0. The Bertz CT molecular complexity index is 826. The van der Waals surface area contributed by atoms with Gasteiger partial charge >= 0.3 is 11.9 Å². The van der Waals surface area contributed by atoms with Crippen LogP contribution in [0.15, 0.2) is 0 Å². The summed E-state index contributed by atoms with van der Waals surface area (Å²) in [4.78, 5) is 24.8. The Morgan fingerprint density at radius 1 is 0.283 bits per heavy atom. The van der Waals surface area contributed by atoms with E-state index in [-0.39, 0.29) is 18.0 Å². The second kappa shape index (κ2) is 52.3. The van der Waals surface area contributed by atoms with Crippen molar-refractivity contribution in [2.75, 3.05) is 6.61 Å². The fraction of sp³-hybridized carbons (Fsp3) is 0.964. The summed E-state index contributed by atoms with van der Waals surface area (Å²) in [6, 6.07) is 0. The van der Waals surface area contributed by atoms with Crippen LogP contribution in [0.4, 0.5) is 0 Å². The van der Waals surface area contributed by atoms with E-state index in [0.29, 0.717) is 19.4 Å². The van der Waals surface area contributed by atoms with E-state index in [1.807, 2.05) is 0 Å². The van der Waals surface area contributed by atoms with Crippen molar-refractivity contribution in [2.45, 2.75) is 341 Å². The van der Waals surface area contributed by atoms with Gasteiger partial charge in [0, 0.05) is 12.8 Å². The second-order valence-electron chi connectivity index (χ2n) is 19.3. The van der Waals surface area contributed by atoms with Gasteiger partial charge in [-0.15, -0.1) is 0 Å². The zero-order valence-corrected chi connectivity index (χ0v) is 41.6. The molecule has 0 aliphatic carbocycles. The Morgan fingerprint density at radius 2 is 0.517 bits per heavy atom. The third-order valence-electron chi connectivity index (χ3n) is 13.1. The monoisotopic (exact) mass is 847 g/mol. The number of esters is 2. The highest BCUT2D eigenvalue weighted by Crippen LogP contribution is 2.20. The third kappa shape index (κ3) is 49.6. The van der Waals surface area contributed by atoms with Gasteiger partial charge in [-0.05, 0) is 44.9 Å². The van der Waals surface area contributed by atoms with Gasteiger partial charge in [-0.25, -0.2) is 0 Å². The summed E-state index contributed by atoms with van der Waals surface area (Å²) < 4.78 is 11.6. The lowest BCUT2D eigenvalue weighted by molar-refractivity contribution is -0.150. The van der Waals surface area contributed by atoms with Crippen molar-refractivity contribution in [2.24, 2.45) is 0 Å². The van der Waals surface area contributed by atoms with Gasteiger partial charge in [-0.2, -0.15) is 0 Å². The lowest BCUT2D eigenvalue weighted by atomic mass is 10.0. The van der Waals surface area contributed by atoms with Crippen LogP contribution in [0.3, 0.4) is 0 Å². The average Bonchev–Trinajstić information content (AvgIpc) is 3.25. The Hall–Kier alpha value is -1.06. The Labute approximate surface area is 377 Å². The van der Waals surface area contributed by atoms with Crippen LogP contribution in [0.1, 0.15) is 335 Å². The highest BCUT2D eigenvalue weighted by Gasteiger charge is 2.14. The van der Waals surface area contributed by atoms with E-state index in [0.717, 1.165) is 38.5 Å². The number of hydrogen-bond acceptors (Lipinski definition) is 4. The molecule has 1 atom stereocenters. The van der Waals surface area contributed by atoms with Gasteiger partial charge in [-0.1, -0.05) is 278 Å². The summed E-state index contributed by atoms with van der Waals surface area (Å²) in [5.41, 5.74) is 0. The molecular formula is C56H110O4. The predicted octanol–water partition coefficient (Wildman–Crippen LogP) is 19.6. The van der Waals surface area contributed by atoms with Crippen LogP contribution in [0, 0.1) is 0 Å². The van der Waals surface area contributed by atoms with E-state index in [9.17, 15) is 9.59 Å². The number of carbonyl (C=O) groups is 2. The van der Waals surface area contributed by atoms with Gasteiger partial charge in [0.1, 0.15) is 6.10 Å². The molecule has 60 heavy (non-hydrogen) atoms. The van der Waals surface area contributed by atoms with Crippen LogP contribution in [-0.2, 0) is 19.1 Å². The maximum Gasteiger partial charge on any atom is 0.306 e. The number of carbonyl (C=O) groups excluding carboxylic acids is 2. The van der Waals surface area contributed by atoms with Crippen molar-refractivity contribution in [3.05, 3.63) is 0 Å². The highest BCUT2D eigenvalue weighted by atomic mass is 16.5. The van der Waals surface area contributed by atoms with Crippen LogP contribution in [0.2, 0.25) is 0 Å². The summed E-state index contributed by atoms with van der Waals surface area (Å²) in [6.07, 6.45) is 62.8. The quantitative estimate of drug-likeness (QED) is 0.0452. The van der Waals surface area contributed by atoms with E-state index in [4.69, 9.17) is 9.47 Å². The molecule has 0 aromatic carbocycles. The van der Waals surface area contributed by atoms with Crippen LogP contribution in [0.25, 0.3) is 0 Å². The molecule has 0 bridgehead atoms. The first-order chi connectivity index (χ1) is 29.6. The van der Waals surface area contributed by atoms with Gasteiger partial charge in [0.05, 0.1) is 6.61 Å². The summed E-state index contributed by atoms with van der Waals surface area (Å²) >= 11 is 0. The molecule has 358 valence electrons. The van der Waals surface area contributed by atoms with Crippen molar-refractivity contribution in [3.63, 3.8) is 0 Å². The lowest BCUT2D eigenvalue weighted by Gasteiger charge is -2.18. The summed E-state index contributed by atoms with van der Waals surface area (Å²) in [5, 5.41) is 0. The van der Waals surface area contributed by atoms with Crippen molar-refractivity contribution in [1.29, 1.82) is 0 Å². The average molecular weight is 847 g/mol. The van der Waals surface area contributed by atoms with Crippen molar-refractivity contribution in [1.82, 2.24) is 0 Å². The highest BCUT2D eigenvalue weighted by molar-refractivity contribution is 5.69. The fourth-order valence-corrected chi connectivity index (χ4v) is 8.91. The molecule has 0 aromatic heterocycles. The molecule has 0 aromatic rings. The molecule has 4 nitrogen and oxygen atoms in total. The summed E-state index contributed by atoms with van der Waals surface area (Å²) in [7, 11) is 0. The second-order valence-corrected chi connectivity index (χ2v) is 19.3. The van der Waals surface area contributed by atoms with Crippen LogP contribution in [-0.4, -0.2) is 24.6 Å². The molecule has 0 spiro atoms. The molecule has 0 N–H and O–H groups in total. The molecule has 0 aliphatic heterocycles. The van der Waals surface area contributed by atoms with Gasteiger partial charge in [-0.3, -0.25) is 9.59 Å². The molecule has 0 saturated carbocycles. The molecule has 4 heteroatoms. The van der Waals surface area contributed by atoms with Gasteiger partial charge in [0.2, 0.25) is 0 Å². The van der Waals surface area contributed by atoms with Crippen LogP contribution in [0.5, 0.6) is 0 Å². The molecule has 0 saturated heterocycles. The maximum absolute atomic E-state index is 12.7. The van der Waals surface area contributed by atoms with E-state index in [1.54, 1.807) is 0 Å². The Morgan fingerprint density at radius 3 is 0.817 bits per heavy atom. The van der Waals surface area contributed by atoms with Crippen LogP contribution < -0.4 is 0 Å². The topological polar surface area (TPSA) is 52.6 Å². The SMILES string of the molecule is CCCCCCCCCCCCCCCCCC(=O)OCCCCCCCCCCCCCCCCCC(=O)OC(CCCCCCCC)CCCCCCCCCCC. The molecule has 0 rings (SSSR count). The normalized spacial score (nSPS) is 12.0. The fourth-order valence-electron chi connectivity index (χ4n) is 8.91. The lowest BCUT2D eigenvalue weighted by Crippen LogP contribution is -2.18. The summed E-state index contributed by atoms with van der Waals surface area (Å²) in [5.74, 6) is 0.0756. The van der Waals surface area contributed by atoms with E-state index < -0.39 is 0 Å². The van der Waals surface area contributed by atoms with E-state index in [1.165, 1.54) is 263 Å². The largest absolute Gasteiger partial charge is 0.466 e. The van der Waals surface area contributed by atoms with Crippen molar-refractivity contribution >= 4 is 11.9 Å². The molecule has 0 aliphatic rings. The first kappa shape index (κ1) is 58.9. The number of unbranched alkanes of at least 4 members (excludes halogenated alkanes) is 41. The first-order valence-electron chi connectivity index (χ1n) is 28.0. The van der Waals surface area contributed by atoms with Crippen molar-refractivity contribution < 1.29 is 19.1 Å². The number of hydrogen-bond donors (Lipinski definition) is 0. The number of ether oxygens (including phenoxy) is 2. The molecule has 0 heterocycles. The minimum Gasteiger partial charge on any atom is -0.466 e. The zero-order valence-electron chi connectivity index (χ0n) is 41.6. The molecular weight excluding hydrogens is 737 g/mol. The molecule has 1 unspecified atom stereocenters. The van der Waals surface area contributed by atoms with Crippen LogP contribution >= 0.6 is 0 Å². The maximum atomic E-state index is 12.7. The summed E-state index contributed by atoms with van der Waals surface area (Å²) in [6.45, 7) is 7.47.